The summed E-state index contributed by atoms with van der Waals surface area (Å²) in [4.78, 5) is 12.2. The maximum absolute atomic E-state index is 12.2. The molecule has 5 heteroatoms. The number of halogens is 1. The summed E-state index contributed by atoms with van der Waals surface area (Å²) in [7, 11) is 0. The number of fused-ring (bicyclic) bond motifs is 1. The summed E-state index contributed by atoms with van der Waals surface area (Å²) >= 11 is 3.56. The zero-order valence-corrected chi connectivity index (χ0v) is 16.9. The molecule has 0 radical (unpaired) electrons. The van der Waals surface area contributed by atoms with Crippen molar-refractivity contribution in [3.63, 3.8) is 0 Å². The van der Waals surface area contributed by atoms with E-state index in [0.29, 0.717) is 5.75 Å². The van der Waals surface area contributed by atoms with Gasteiger partial charge in [-0.25, -0.2) is 5.43 Å². The first-order chi connectivity index (χ1) is 13.1. The highest BCUT2D eigenvalue weighted by molar-refractivity contribution is 9.10. The maximum atomic E-state index is 12.2. The molecule has 0 aliphatic heterocycles. The molecule has 0 saturated heterocycles. The fourth-order valence-corrected chi connectivity index (χ4v) is 3.37. The Balaban J connectivity index is 1.67. The van der Waals surface area contributed by atoms with Crippen LogP contribution in [0.1, 0.15) is 19.4 Å². The molecule has 0 aliphatic rings. The molecule has 3 aromatic carbocycles. The van der Waals surface area contributed by atoms with Gasteiger partial charge in [0.15, 0.2) is 6.61 Å². The first-order valence-corrected chi connectivity index (χ1v) is 9.57. The van der Waals surface area contributed by atoms with Crippen molar-refractivity contribution in [2.75, 3.05) is 6.61 Å². The monoisotopic (exact) mass is 424 g/mol. The average molecular weight is 425 g/mol. The largest absolute Gasteiger partial charge is 0.483 e. The molecule has 0 saturated carbocycles. The number of amides is 1. The molecule has 3 aromatic rings. The van der Waals surface area contributed by atoms with Crippen molar-refractivity contribution >= 4 is 38.3 Å². The molecule has 1 N–H and O–H groups in total. The predicted octanol–water partition coefficient (Wildman–Crippen LogP) is 5.16. The maximum Gasteiger partial charge on any atom is 0.277 e. The van der Waals surface area contributed by atoms with Gasteiger partial charge in [0.1, 0.15) is 5.75 Å². The number of carbonyl (C=O) groups excluding carboxylic acids is 1. The lowest BCUT2D eigenvalue weighted by Gasteiger charge is -2.12. The molecule has 0 aromatic heterocycles. The quantitative estimate of drug-likeness (QED) is 0.438. The van der Waals surface area contributed by atoms with Crippen molar-refractivity contribution in [1.29, 1.82) is 0 Å². The van der Waals surface area contributed by atoms with Crippen LogP contribution in [0.15, 0.2) is 76.3 Å². The lowest BCUT2D eigenvalue weighted by Crippen LogP contribution is -2.27. The first-order valence-electron chi connectivity index (χ1n) is 8.78. The van der Waals surface area contributed by atoms with Crippen LogP contribution in [-0.4, -0.2) is 18.2 Å². The number of nitrogens with one attached hydrogen (secondary N) is 1. The molecule has 0 unspecified atom stereocenters. The number of hydrogen-bond donors (Lipinski definition) is 1. The van der Waals surface area contributed by atoms with Gasteiger partial charge in [-0.15, -0.1) is 0 Å². The zero-order chi connectivity index (χ0) is 19.2. The van der Waals surface area contributed by atoms with E-state index >= 15 is 0 Å². The fraction of sp³-hybridized carbons (Fsp3) is 0.182. The topological polar surface area (TPSA) is 50.7 Å². The minimum absolute atomic E-state index is 0.111. The van der Waals surface area contributed by atoms with Crippen LogP contribution in [0.25, 0.3) is 10.8 Å². The Labute approximate surface area is 167 Å². The molecule has 4 nitrogen and oxygen atoms in total. The fourth-order valence-electron chi connectivity index (χ4n) is 2.76. The molecule has 27 heavy (non-hydrogen) atoms. The van der Waals surface area contributed by atoms with Crippen LogP contribution in [-0.2, 0) is 4.79 Å². The van der Waals surface area contributed by atoms with Crippen molar-refractivity contribution in [3.8, 4) is 5.75 Å². The van der Waals surface area contributed by atoms with Crippen LogP contribution < -0.4 is 10.2 Å². The molecule has 0 atom stereocenters. The van der Waals surface area contributed by atoms with Crippen LogP contribution in [0.5, 0.6) is 5.75 Å². The number of hydrazone groups is 1. The number of benzene rings is 3. The van der Waals surface area contributed by atoms with Gasteiger partial charge >= 0.3 is 0 Å². The average Bonchev–Trinajstić information content (AvgIpc) is 2.68. The van der Waals surface area contributed by atoms with Crippen LogP contribution in [0.3, 0.4) is 0 Å². The van der Waals surface area contributed by atoms with Crippen molar-refractivity contribution in [2.45, 2.75) is 13.8 Å². The normalized spacial score (nSPS) is 11.6. The van der Waals surface area contributed by atoms with Gasteiger partial charge in [-0.1, -0.05) is 74.5 Å². The third-order valence-corrected chi connectivity index (χ3v) is 4.92. The highest BCUT2D eigenvalue weighted by Crippen LogP contribution is 2.32. The highest BCUT2D eigenvalue weighted by Gasteiger charge is 2.11. The lowest BCUT2D eigenvalue weighted by molar-refractivity contribution is -0.123. The molecule has 0 bridgehead atoms. The van der Waals surface area contributed by atoms with E-state index in [-0.39, 0.29) is 18.4 Å². The van der Waals surface area contributed by atoms with Crippen molar-refractivity contribution in [1.82, 2.24) is 5.43 Å². The number of nitrogens with zero attached hydrogens (tertiary/aromatic N) is 1. The van der Waals surface area contributed by atoms with E-state index in [4.69, 9.17) is 4.74 Å². The molecule has 3 rings (SSSR count). The summed E-state index contributed by atoms with van der Waals surface area (Å²) in [6.07, 6.45) is 0. The summed E-state index contributed by atoms with van der Waals surface area (Å²) in [5.74, 6) is 0.507. The molecule has 0 spiro atoms. The third kappa shape index (κ3) is 4.74. The second kappa shape index (κ2) is 8.82. The second-order valence-corrected chi connectivity index (χ2v) is 7.23. The minimum Gasteiger partial charge on any atom is -0.483 e. The Morgan fingerprint density at radius 2 is 1.74 bits per heavy atom. The van der Waals surface area contributed by atoms with Crippen molar-refractivity contribution in [2.24, 2.45) is 11.0 Å². The molecule has 0 aliphatic carbocycles. The number of hydrogen-bond acceptors (Lipinski definition) is 3. The summed E-state index contributed by atoms with van der Waals surface area (Å²) in [5, 5.41) is 6.45. The van der Waals surface area contributed by atoms with Gasteiger partial charge in [-0.05, 0) is 44.3 Å². The van der Waals surface area contributed by atoms with E-state index in [1.807, 2.05) is 80.6 Å². The van der Waals surface area contributed by atoms with Crippen molar-refractivity contribution < 1.29 is 9.53 Å². The van der Waals surface area contributed by atoms with E-state index in [0.717, 1.165) is 26.5 Å². The van der Waals surface area contributed by atoms with Crippen LogP contribution in [0.2, 0.25) is 0 Å². The van der Waals surface area contributed by atoms with Gasteiger partial charge in [-0.3, -0.25) is 4.79 Å². The Morgan fingerprint density at radius 3 is 2.48 bits per heavy atom. The summed E-state index contributed by atoms with van der Waals surface area (Å²) in [5.41, 5.74) is 4.42. The Morgan fingerprint density at radius 1 is 1.04 bits per heavy atom. The number of ether oxygens (including phenoxy) is 1. The highest BCUT2D eigenvalue weighted by atomic mass is 79.9. The molecule has 0 fully saturated rings. The molecule has 138 valence electrons. The summed E-state index contributed by atoms with van der Waals surface area (Å²) < 4.78 is 6.51. The Kier molecular flexibility index (Phi) is 6.24. The Hall–Kier alpha value is -2.66. The van der Waals surface area contributed by atoms with E-state index in [1.54, 1.807) is 0 Å². The van der Waals surface area contributed by atoms with Crippen LogP contribution in [0, 0.1) is 5.92 Å². The van der Waals surface area contributed by atoms with Gasteiger partial charge in [-0.2, -0.15) is 5.10 Å². The van der Waals surface area contributed by atoms with Gasteiger partial charge in [0, 0.05) is 0 Å². The minimum atomic E-state index is -0.302. The third-order valence-electron chi connectivity index (χ3n) is 4.10. The van der Waals surface area contributed by atoms with E-state index < -0.39 is 0 Å². The van der Waals surface area contributed by atoms with Crippen molar-refractivity contribution in [3.05, 3.63) is 76.8 Å². The SMILES string of the molecule is CC(C)/C(=N\NC(=O)COc1ccc2ccccc2c1Br)c1ccccc1. The number of carbonyl (C=O) groups is 1. The second-order valence-electron chi connectivity index (χ2n) is 6.44. The standard InChI is InChI=1S/C22H21BrN2O2/c1-15(2)22(17-9-4-3-5-10-17)25-24-20(26)14-27-19-13-12-16-8-6-7-11-18(16)21(19)23/h3-13,15H,14H2,1-2H3,(H,24,26)/b25-22+. The number of rotatable bonds is 6. The first kappa shape index (κ1) is 19.1. The smallest absolute Gasteiger partial charge is 0.277 e. The van der Waals surface area contributed by atoms with Gasteiger partial charge in [0.2, 0.25) is 0 Å². The van der Waals surface area contributed by atoms with E-state index in [9.17, 15) is 4.79 Å². The zero-order valence-electron chi connectivity index (χ0n) is 15.3. The van der Waals surface area contributed by atoms with E-state index in [1.165, 1.54) is 0 Å². The van der Waals surface area contributed by atoms with E-state index in [2.05, 4.69) is 26.5 Å². The predicted molar refractivity (Wildman–Crippen MR) is 113 cm³/mol. The molecule has 1 amide bonds. The van der Waals surface area contributed by atoms with Gasteiger partial charge in [0.05, 0.1) is 10.2 Å². The van der Waals surface area contributed by atoms with Gasteiger partial charge < -0.3 is 4.74 Å². The molecular formula is C22H21BrN2O2. The summed E-state index contributed by atoms with van der Waals surface area (Å²) in [6.45, 7) is 3.97. The molecular weight excluding hydrogens is 404 g/mol. The summed E-state index contributed by atoms with van der Waals surface area (Å²) in [6, 6.07) is 21.6. The van der Waals surface area contributed by atoms with Gasteiger partial charge in [0.25, 0.3) is 5.91 Å². The van der Waals surface area contributed by atoms with Crippen LogP contribution >= 0.6 is 15.9 Å². The molecule has 0 heterocycles. The lowest BCUT2D eigenvalue weighted by atomic mass is 10.0. The van der Waals surface area contributed by atoms with Crippen LogP contribution in [0.4, 0.5) is 0 Å². The Bertz CT molecular complexity index is 968.